The summed E-state index contributed by atoms with van der Waals surface area (Å²) in [6.07, 6.45) is 0. The second-order valence-corrected chi connectivity index (χ2v) is 8.50. The van der Waals surface area contributed by atoms with Gasteiger partial charge in [0.1, 0.15) is 11.6 Å². The van der Waals surface area contributed by atoms with Crippen LogP contribution in [0, 0.1) is 12.7 Å². The van der Waals surface area contributed by atoms with E-state index in [1.165, 1.54) is 12.1 Å². The summed E-state index contributed by atoms with van der Waals surface area (Å²) < 4.78 is 15.2. The van der Waals surface area contributed by atoms with Crippen LogP contribution in [0.2, 0.25) is 0 Å². The lowest BCUT2D eigenvalue weighted by Crippen LogP contribution is -2.48. The predicted octanol–water partition coefficient (Wildman–Crippen LogP) is 3.78. The standard InChI is InChI=1S/C23H26FN5OS/c1-3-27-12-14-28(15-13-27)22(30)19-6-4-18(5-7-19)16-31-23-26-25-17(2)29(23)21-10-8-20(24)9-11-21/h4-11H,3,12-16H2,1-2H3. The summed E-state index contributed by atoms with van der Waals surface area (Å²) in [7, 11) is 0. The van der Waals surface area contributed by atoms with Crippen LogP contribution in [0.25, 0.3) is 5.69 Å². The molecule has 0 radical (unpaired) electrons. The van der Waals surface area contributed by atoms with E-state index in [2.05, 4.69) is 22.0 Å². The van der Waals surface area contributed by atoms with Gasteiger partial charge in [0.25, 0.3) is 5.91 Å². The quantitative estimate of drug-likeness (QED) is 0.547. The highest BCUT2D eigenvalue weighted by atomic mass is 32.2. The van der Waals surface area contributed by atoms with Crippen molar-refractivity contribution in [1.82, 2.24) is 24.6 Å². The summed E-state index contributed by atoms with van der Waals surface area (Å²) in [5.74, 6) is 1.27. The fourth-order valence-corrected chi connectivity index (χ4v) is 4.62. The Labute approximate surface area is 186 Å². The van der Waals surface area contributed by atoms with Gasteiger partial charge in [0.05, 0.1) is 0 Å². The zero-order chi connectivity index (χ0) is 21.8. The van der Waals surface area contributed by atoms with Crippen LogP contribution in [0.4, 0.5) is 4.39 Å². The van der Waals surface area contributed by atoms with Crippen molar-refractivity contribution in [3.63, 3.8) is 0 Å². The molecule has 6 nitrogen and oxygen atoms in total. The minimum Gasteiger partial charge on any atom is -0.336 e. The molecule has 1 aromatic heterocycles. The van der Waals surface area contributed by atoms with Gasteiger partial charge in [0, 0.05) is 43.2 Å². The Balaban J connectivity index is 1.39. The number of nitrogens with zero attached hydrogens (tertiary/aromatic N) is 5. The van der Waals surface area contributed by atoms with Crippen LogP contribution in [0.1, 0.15) is 28.7 Å². The van der Waals surface area contributed by atoms with Crippen LogP contribution < -0.4 is 0 Å². The normalized spacial score (nSPS) is 14.7. The Morgan fingerprint density at radius 2 is 1.68 bits per heavy atom. The van der Waals surface area contributed by atoms with Crippen molar-refractivity contribution in [2.45, 2.75) is 24.8 Å². The third kappa shape index (κ3) is 4.97. The van der Waals surface area contributed by atoms with E-state index in [0.29, 0.717) is 5.75 Å². The molecule has 0 N–H and O–H groups in total. The zero-order valence-corrected chi connectivity index (χ0v) is 18.6. The van der Waals surface area contributed by atoms with Crippen LogP contribution in [0.5, 0.6) is 0 Å². The van der Waals surface area contributed by atoms with Gasteiger partial charge < -0.3 is 9.80 Å². The lowest BCUT2D eigenvalue weighted by Gasteiger charge is -2.34. The van der Waals surface area contributed by atoms with Crippen LogP contribution in [-0.4, -0.2) is 63.2 Å². The Morgan fingerprint density at radius 1 is 1.00 bits per heavy atom. The van der Waals surface area contributed by atoms with Crippen molar-refractivity contribution >= 4 is 17.7 Å². The van der Waals surface area contributed by atoms with E-state index in [1.54, 1.807) is 23.9 Å². The first-order chi connectivity index (χ1) is 15.0. The number of aryl methyl sites for hydroxylation is 1. The zero-order valence-electron chi connectivity index (χ0n) is 17.8. The van der Waals surface area contributed by atoms with E-state index >= 15 is 0 Å². The van der Waals surface area contributed by atoms with Gasteiger partial charge in [-0.25, -0.2) is 4.39 Å². The van der Waals surface area contributed by atoms with Gasteiger partial charge in [-0.15, -0.1) is 10.2 Å². The molecule has 1 amide bonds. The monoisotopic (exact) mass is 439 g/mol. The number of hydrogen-bond donors (Lipinski definition) is 0. The molecule has 0 spiro atoms. The molecule has 2 aromatic carbocycles. The highest BCUT2D eigenvalue weighted by molar-refractivity contribution is 7.98. The maximum absolute atomic E-state index is 13.3. The lowest BCUT2D eigenvalue weighted by atomic mass is 10.1. The van der Waals surface area contributed by atoms with Crippen molar-refractivity contribution in [3.8, 4) is 5.69 Å². The summed E-state index contributed by atoms with van der Waals surface area (Å²) in [5, 5.41) is 9.19. The van der Waals surface area contributed by atoms with Crippen LogP contribution in [0.3, 0.4) is 0 Å². The SMILES string of the molecule is CCN1CCN(C(=O)c2ccc(CSc3nnc(C)n3-c3ccc(F)cc3)cc2)CC1. The lowest BCUT2D eigenvalue weighted by molar-refractivity contribution is 0.0643. The van der Waals surface area contributed by atoms with E-state index in [0.717, 1.165) is 60.5 Å². The first-order valence-electron chi connectivity index (χ1n) is 10.5. The minimum atomic E-state index is -0.273. The van der Waals surface area contributed by atoms with E-state index in [1.807, 2.05) is 40.7 Å². The molecule has 1 fully saturated rings. The maximum atomic E-state index is 13.3. The fourth-order valence-electron chi connectivity index (χ4n) is 3.67. The number of halogens is 1. The van der Waals surface area contributed by atoms with Crippen molar-refractivity contribution in [3.05, 3.63) is 71.3 Å². The van der Waals surface area contributed by atoms with E-state index in [9.17, 15) is 9.18 Å². The third-order valence-corrected chi connectivity index (χ3v) is 6.56. The van der Waals surface area contributed by atoms with Gasteiger partial charge in [-0.1, -0.05) is 30.8 Å². The highest BCUT2D eigenvalue weighted by Crippen LogP contribution is 2.25. The number of aromatic nitrogens is 3. The Morgan fingerprint density at radius 3 is 2.32 bits per heavy atom. The second kappa shape index (κ2) is 9.62. The molecule has 162 valence electrons. The predicted molar refractivity (Wildman–Crippen MR) is 120 cm³/mol. The number of carbonyl (C=O) groups excluding carboxylic acids is 1. The number of thioether (sulfide) groups is 1. The molecule has 1 aliphatic heterocycles. The van der Waals surface area contributed by atoms with Crippen molar-refractivity contribution in [2.24, 2.45) is 0 Å². The Bertz CT molecular complexity index is 1030. The molecule has 8 heteroatoms. The van der Waals surface area contributed by atoms with E-state index < -0.39 is 0 Å². The number of amides is 1. The average Bonchev–Trinajstić information content (AvgIpc) is 3.18. The average molecular weight is 440 g/mol. The van der Waals surface area contributed by atoms with Crippen LogP contribution in [-0.2, 0) is 5.75 Å². The molecule has 0 saturated carbocycles. The molecule has 31 heavy (non-hydrogen) atoms. The summed E-state index contributed by atoms with van der Waals surface area (Å²) in [5.41, 5.74) is 2.66. The summed E-state index contributed by atoms with van der Waals surface area (Å²) in [4.78, 5) is 17.1. The second-order valence-electron chi connectivity index (χ2n) is 7.55. The molecule has 0 aliphatic carbocycles. The van der Waals surface area contributed by atoms with Crippen LogP contribution >= 0.6 is 11.8 Å². The van der Waals surface area contributed by atoms with Gasteiger partial charge in [0.15, 0.2) is 5.16 Å². The van der Waals surface area contributed by atoms with Gasteiger partial charge in [-0.2, -0.15) is 0 Å². The number of rotatable bonds is 6. The molecule has 1 aliphatic rings. The number of benzene rings is 2. The molecule has 2 heterocycles. The first-order valence-corrected chi connectivity index (χ1v) is 11.4. The molecule has 4 rings (SSSR count). The number of piperazine rings is 1. The first kappa shape index (κ1) is 21.5. The molecule has 0 unspecified atom stereocenters. The number of hydrogen-bond acceptors (Lipinski definition) is 5. The molecular weight excluding hydrogens is 413 g/mol. The summed E-state index contributed by atoms with van der Waals surface area (Å²) in [6, 6.07) is 14.1. The van der Waals surface area contributed by atoms with Gasteiger partial charge in [-0.05, 0) is 55.4 Å². The maximum Gasteiger partial charge on any atom is 0.253 e. The summed E-state index contributed by atoms with van der Waals surface area (Å²) in [6.45, 7) is 8.49. The largest absolute Gasteiger partial charge is 0.336 e. The van der Waals surface area contributed by atoms with Gasteiger partial charge in [0.2, 0.25) is 0 Å². The summed E-state index contributed by atoms with van der Waals surface area (Å²) >= 11 is 1.56. The van der Waals surface area contributed by atoms with Gasteiger partial charge in [-0.3, -0.25) is 9.36 Å². The van der Waals surface area contributed by atoms with E-state index in [4.69, 9.17) is 0 Å². The number of likely N-dealkylation sites (N-methyl/N-ethyl adjacent to an activating group) is 1. The van der Waals surface area contributed by atoms with Crippen molar-refractivity contribution in [2.75, 3.05) is 32.7 Å². The molecular formula is C23H26FN5OS. The molecule has 1 saturated heterocycles. The van der Waals surface area contributed by atoms with Crippen molar-refractivity contribution < 1.29 is 9.18 Å². The Hall–Kier alpha value is -2.71. The Kier molecular flexibility index (Phi) is 6.67. The van der Waals surface area contributed by atoms with E-state index in [-0.39, 0.29) is 11.7 Å². The topological polar surface area (TPSA) is 54.3 Å². The van der Waals surface area contributed by atoms with Crippen molar-refractivity contribution in [1.29, 1.82) is 0 Å². The third-order valence-electron chi connectivity index (χ3n) is 5.56. The van der Waals surface area contributed by atoms with Crippen LogP contribution in [0.15, 0.2) is 53.7 Å². The van der Waals surface area contributed by atoms with Gasteiger partial charge >= 0.3 is 0 Å². The molecule has 0 atom stereocenters. The fraction of sp³-hybridized carbons (Fsp3) is 0.348. The number of carbonyl (C=O) groups is 1. The minimum absolute atomic E-state index is 0.0987. The highest BCUT2D eigenvalue weighted by Gasteiger charge is 2.21. The molecule has 3 aromatic rings. The smallest absolute Gasteiger partial charge is 0.253 e. The molecule has 0 bridgehead atoms.